The summed E-state index contributed by atoms with van der Waals surface area (Å²) < 4.78 is 86.9. The monoisotopic (exact) mass is 555 g/mol. The number of hydrogen-bond acceptors (Lipinski definition) is 6. The van der Waals surface area contributed by atoms with Gasteiger partial charge >= 0.3 is 6.18 Å². The lowest BCUT2D eigenvalue weighted by molar-refractivity contribution is -0.138. The van der Waals surface area contributed by atoms with Gasteiger partial charge in [-0.05, 0) is 87.2 Å². The Morgan fingerprint density at radius 3 is 2.45 bits per heavy atom. The fourth-order valence-electron chi connectivity index (χ4n) is 4.78. The number of halogens is 4. The number of pyridine rings is 1. The minimum absolute atomic E-state index is 0.00769. The van der Waals surface area contributed by atoms with Gasteiger partial charge in [-0.2, -0.15) is 13.2 Å². The van der Waals surface area contributed by atoms with E-state index in [4.69, 9.17) is 4.74 Å². The maximum Gasteiger partial charge on any atom is 0.418 e. The summed E-state index contributed by atoms with van der Waals surface area (Å²) >= 11 is 0. The number of ether oxygens (including phenoxy) is 1. The van der Waals surface area contributed by atoms with Gasteiger partial charge in [-0.25, -0.2) is 17.5 Å². The van der Waals surface area contributed by atoms with Crippen LogP contribution in [-0.4, -0.2) is 49.2 Å². The lowest BCUT2D eigenvalue weighted by atomic mass is 9.97. The van der Waals surface area contributed by atoms with Gasteiger partial charge < -0.3 is 4.74 Å². The number of alkyl halides is 3. The van der Waals surface area contributed by atoms with Crippen molar-refractivity contribution < 1.29 is 35.5 Å². The Morgan fingerprint density at radius 2 is 1.82 bits per heavy atom. The molecule has 0 bridgehead atoms. The van der Waals surface area contributed by atoms with Gasteiger partial charge in [0.2, 0.25) is 10.0 Å². The number of amides is 1. The van der Waals surface area contributed by atoms with Crippen LogP contribution in [0.5, 0.6) is 5.75 Å². The third-order valence-corrected chi connectivity index (χ3v) is 9.13. The van der Waals surface area contributed by atoms with Gasteiger partial charge in [0, 0.05) is 18.8 Å². The standard InChI is InChI=1S/C26H29F4N3O4S/c27-22-13-24(19(17-3-4-17)12-20(22)25(34)32-38(35,36)18-5-6-18)37-15-16-7-10-33(11-8-16)14-23-21(26(28,29)30)2-1-9-31-23/h1-2,9,12-13,16-18H,3-8,10-11,14-15H2,(H,32,34). The van der Waals surface area contributed by atoms with Crippen molar-refractivity contribution in [3.8, 4) is 5.75 Å². The van der Waals surface area contributed by atoms with E-state index in [2.05, 4.69) is 4.98 Å². The molecule has 1 N–H and O–H groups in total. The molecular formula is C26H29F4N3O4S. The zero-order valence-corrected chi connectivity index (χ0v) is 21.5. The number of carbonyl (C=O) groups is 1. The predicted octanol–water partition coefficient (Wildman–Crippen LogP) is 4.63. The fourth-order valence-corrected chi connectivity index (χ4v) is 6.07. The van der Waals surface area contributed by atoms with Crippen LogP contribution in [-0.2, 0) is 22.7 Å². The van der Waals surface area contributed by atoms with E-state index < -0.39 is 38.7 Å². The van der Waals surface area contributed by atoms with Crippen LogP contribution in [0.1, 0.15) is 71.6 Å². The molecule has 2 aliphatic carbocycles. The highest BCUT2D eigenvalue weighted by Crippen LogP contribution is 2.45. The van der Waals surface area contributed by atoms with E-state index in [0.29, 0.717) is 56.7 Å². The molecule has 2 aromatic rings. The minimum Gasteiger partial charge on any atom is -0.493 e. The van der Waals surface area contributed by atoms with Gasteiger partial charge in [0.05, 0.1) is 28.7 Å². The summed E-state index contributed by atoms with van der Waals surface area (Å²) in [6.45, 7) is 1.59. The molecule has 7 nitrogen and oxygen atoms in total. The molecule has 0 spiro atoms. The summed E-state index contributed by atoms with van der Waals surface area (Å²) in [6.07, 6.45) is 1.03. The highest BCUT2D eigenvalue weighted by molar-refractivity contribution is 7.91. The Bertz CT molecular complexity index is 1300. The highest BCUT2D eigenvalue weighted by atomic mass is 32.2. The van der Waals surface area contributed by atoms with Crippen molar-refractivity contribution >= 4 is 15.9 Å². The summed E-state index contributed by atoms with van der Waals surface area (Å²) in [6, 6.07) is 4.87. The lowest BCUT2D eigenvalue weighted by Gasteiger charge is -2.32. The number of nitrogens with zero attached hydrogens (tertiary/aromatic N) is 2. The Hall–Kier alpha value is -2.73. The van der Waals surface area contributed by atoms with Crippen LogP contribution in [0.25, 0.3) is 0 Å². The summed E-state index contributed by atoms with van der Waals surface area (Å²) in [4.78, 5) is 18.4. The first-order chi connectivity index (χ1) is 18.0. The number of piperidine rings is 1. The molecule has 5 rings (SSSR count). The molecule has 12 heteroatoms. The number of likely N-dealkylation sites (tertiary alicyclic amines) is 1. The molecule has 38 heavy (non-hydrogen) atoms. The van der Waals surface area contributed by atoms with E-state index in [9.17, 15) is 30.8 Å². The minimum atomic E-state index is -4.45. The number of sulfonamides is 1. The lowest BCUT2D eigenvalue weighted by Crippen LogP contribution is -2.36. The SMILES string of the molecule is O=C(NS(=O)(=O)C1CC1)c1cc(C2CC2)c(OCC2CCN(Cc3ncccc3C(F)(F)F)CC2)cc1F. The number of benzene rings is 1. The van der Waals surface area contributed by atoms with Crippen molar-refractivity contribution in [2.24, 2.45) is 5.92 Å². The molecule has 3 fully saturated rings. The van der Waals surface area contributed by atoms with Gasteiger partial charge in [0.25, 0.3) is 5.91 Å². The summed E-state index contributed by atoms with van der Waals surface area (Å²) in [7, 11) is -3.80. The molecule has 2 saturated carbocycles. The number of hydrogen-bond donors (Lipinski definition) is 1. The van der Waals surface area contributed by atoms with Crippen LogP contribution < -0.4 is 9.46 Å². The zero-order valence-electron chi connectivity index (χ0n) is 20.6. The zero-order chi connectivity index (χ0) is 27.1. The summed E-state index contributed by atoms with van der Waals surface area (Å²) in [5.41, 5.74) is -0.340. The Kier molecular flexibility index (Phi) is 7.38. The molecule has 1 amide bonds. The van der Waals surface area contributed by atoms with E-state index in [0.717, 1.165) is 25.0 Å². The Labute approximate surface area is 218 Å². The topological polar surface area (TPSA) is 88.6 Å². The smallest absolute Gasteiger partial charge is 0.418 e. The normalized spacial score (nSPS) is 19.4. The second-order valence-electron chi connectivity index (χ2n) is 10.3. The van der Waals surface area contributed by atoms with Crippen molar-refractivity contribution in [2.75, 3.05) is 19.7 Å². The average Bonchev–Trinajstić information content (AvgIpc) is 3.75. The molecule has 206 valence electrons. The second-order valence-corrected chi connectivity index (χ2v) is 12.3. The predicted molar refractivity (Wildman–Crippen MR) is 131 cm³/mol. The molecule has 1 saturated heterocycles. The fraction of sp³-hybridized carbons (Fsp3) is 0.538. The van der Waals surface area contributed by atoms with Crippen LogP contribution in [0, 0.1) is 11.7 Å². The van der Waals surface area contributed by atoms with E-state index in [1.54, 1.807) is 0 Å². The third kappa shape index (κ3) is 6.28. The van der Waals surface area contributed by atoms with E-state index >= 15 is 0 Å². The van der Waals surface area contributed by atoms with E-state index in [-0.39, 0.29) is 29.6 Å². The quantitative estimate of drug-likeness (QED) is 0.454. The van der Waals surface area contributed by atoms with Gasteiger partial charge in [-0.15, -0.1) is 0 Å². The van der Waals surface area contributed by atoms with E-state index in [1.807, 2.05) is 9.62 Å². The Balaban J connectivity index is 1.19. The molecule has 0 unspecified atom stereocenters. The largest absolute Gasteiger partial charge is 0.493 e. The maximum atomic E-state index is 14.9. The average molecular weight is 556 g/mol. The first-order valence-electron chi connectivity index (χ1n) is 12.8. The summed E-state index contributed by atoms with van der Waals surface area (Å²) in [5, 5.41) is -0.595. The second kappa shape index (κ2) is 10.4. The Morgan fingerprint density at radius 1 is 1.11 bits per heavy atom. The molecule has 3 aliphatic rings. The van der Waals surface area contributed by atoms with Crippen molar-refractivity contribution in [1.29, 1.82) is 0 Å². The molecule has 1 aromatic carbocycles. The van der Waals surface area contributed by atoms with Crippen LogP contribution in [0.3, 0.4) is 0 Å². The number of rotatable bonds is 9. The highest BCUT2D eigenvalue weighted by Gasteiger charge is 2.38. The summed E-state index contributed by atoms with van der Waals surface area (Å²) in [5.74, 6) is -1.22. The van der Waals surface area contributed by atoms with Crippen molar-refractivity contribution in [1.82, 2.24) is 14.6 Å². The van der Waals surface area contributed by atoms with Gasteiger partial charge in [0.15, 0.2) is 0 Å². The van der Waals surface area contributed by atoms with Gasteiger partial charge in [0.1, 0.15) is 11.6 Å². The van der Waals surface area contributed by atoms with Crippen LogP contribution in [0.4, 0.5) is 17.6 Å². The third-order valence-electron chi connectivity index (χ3n) is 7.31. The molecule has 0 radical (unpaired) electrons. The molecule has 2 heterocycles. The van der Waals surface area contributed by atoms with Crippen LogP contribution in [0.2, 0.25) is 0 Å². The number of nitrogens with one attached hydrogen (secondary N) is 1. The molecule has 1 aliphatic heterocycles. The first-order valence-corrected chi connectivity index (χ1v) is 14.3. The first kappa shape index (κ1) is 26.9. The maximum absolute atomic E-state index is 14.9. The van der Waals surface area contributed by atoms with Crippen LogP contribution >= 0.6 is 0 Å². The van der Waals surface area contributed by atoms with Crippen molar-refractivity contribution in [3.63, 3.8) is 0 Å². The van der Waals surface area contributed by atoms with Crippen molar-refractivity contribution in [3.05, 3.63) is 58.7 Å². The van der Waals surface area contributed by atoms with E-state index in [1.165, 1.54) is 18.3 Å². The molecular weight excluding hydrogens is 526 g/mol. The van der Waals surface area contributed by atoms with Crippen molar-refractivity contribution in [2.45, 2.75) is 62.4 Å². The van der Waals surface area contributed by atoms with Gasteiger partial charge in [-0.1, -0.05) is 0 Å². The number of carbonyl (C=O) groups excluding carboxylic acids is 1. The molecule has 0 atom stereocenters. The van der Waals surface area contributed by atoms with Crippen LogP contribution in [0.15, 0.2) is 30.5 Å². The number of aromatic nitrogens is 1. The molecule has 1 aromatic heterocycles. The van der Waals surface area contributed by atoms with Gasteiger partial charge in [-0.3, -0.25) is 14.7 Å².